The number of benzene rings is 3. The van der Waals surface area contributed by atoms with Crippen LogP contribution in [0.2, 0.25) is 0 Å². The van der Waals surface area contributed by atoms with Crippen LogP contribution in [-0.4, -0.2) is 36.2 Å². The predicted octanol–water partition coefficient (Wildman–Crippen LogP) is 5.09. The zero-order valence-corrected chi connectivity index (χ0v) is 21.4. The van der Waals surface area contributed by atoms with Crippen molar-refractivity contribution in [2.45, 2.75) is 56.7 Å². The van der Waals surface area contributed by atoms with Crippen molar-refractivity contribution in [3.8, 4) is 11.1 Å². The van der Waals surface area contributed by atoms with E-state index in [0.29, 0.717) is 12.8 Å². The Hall–Kier alpha value is -4.13. The summed E-state index contributed by atoms with van der Waals surface area (Å²) in [4.78, 5) is 38.7. The van der Waals surface area contributed by atoms with Crippen molar-refractivity contribution in [3.63, 3.8) is 0 Å². The molecule has 0 aliphatic heterocycles. The van der Waals surface area contributed by atoms with Crippen LogP contribution in [0.5, 0.6) is 0 Å². The first kappa shape index (κ1) is 25.5. The average molecular weight is 513 g/mol. The van der Waals surface area contributed by atoms with Gasteiger partial charge >= 0.3 is 12.1 Å². The minimum atomic E-state index is -1.11. The molecule has 38 heavy (non-hydrogen) atoms. The molecular formula is C31H32N2O5. The standard InChI is InChI=1S/C31H32N2O5/c1-21(28(34)37-19-22-11-3-2-4-12-22)32-29(35)31(17-9-10-18-31)33-30(36)38-20-27-25-15-7-5-13-23(25)24-14-6-8-16-26(24)27/h2-8,11-16,21,27H,9-10,17-20H2,1H3,(H,32,35)(H,33,36)/t21-/m0/s1. The molecule has 0 bridgehead atoms. The molecule has 0 saturated heterocycles. The van der Waals surface area contributed by atoms with Crippen molar-refractivity contribution in [1.82, 2.24) is 10.6 Å². The van der Waals surface area contributed by atoms with Gasteiger partial charge in [0.25, 0.3) is 0 Å². The highest BCUT2D eigenvalue weighted by Crippen LogP contribution is 2.44. The molecule has 0 heterocycles. The van der Waals surface area contributed by atoms with Crippen LogP contribution in [-0.2, 0) is 25.7 Å². The fourth-order valence-electron chi connectivity index (χ4n) is 5.46. The monoisotopic (exact) mass is 512 g/mol. The number of esters is 1. The van der Waals surface area contributed by atoms with Gasteiger partial charge in [0.15, 0.2) is 0 Å². The SMILES string of the molecule is C[C@H](NC(=O)C1(NC(=O)OCC2c3ccccc3-c3ccccc32)CCCC1)C(=O)OCc1ccccc1. The lowest BCUT2D eigenvalue weighted by Gasteiger charge is -2.30. The highest BCUT2D eigenvalue weighted by atomic mass is 16.5. The number of rotatable bonds is 8. The normalized spacial score (nSPS) is 16.1. The number of alkyl carbamates (subject to hydrolysis) is 1. The summed E-state index contributed by atoms with van der Waals surface area (Å²) in [7, 11) is 0. The maximum atomic E-state index is 13.3. The summed E-state index contributed by atoms with van der Waals surface area (Å²) in [6.45, 7) is 1.88. The van der Waals surface area contributed by atoms with Crippen molar-refractivity contribution in [1.29, 1.82) is 0 Å². The van der Waals surface area contributed by atoms with Gasteiger partial charge in [0.1, 0.15) is 24.8 Å². The van der Waals surface area contributed by atoms with E-state index in [1.54, 1.807) is 6.92 Å². The highest BCUT2D eigenvalue weighted by Gasteiger charge is 2.44. The molecular weight excluding hydrogens is 480 g/mol. The molecule has 2 amide bonds. The number of hydrogen-bond acceptors (Lipinski definition) is 5. The topological polar surface area (TPSA) is 93.7 Å². The van der Waals surface area contributed by atoms with E-state index < -0.39 is 29.6 Å². The van der Waals surface area contributed by atoms with Crippen LogP contribution in [0.15, 0.2) is 78.9 Å². The van der Waals surface area contributed by atoms with Gasteiger partial charge in [-0.2, -0.15) is 0 Å². The third kappa shape index (κ3) is 5.28. The molecule has 2 aliphatic carbocycles. The molecule has 1 saturated carbocycles. The zero-order chi connectivity index (χ0) is 26.5. The predicted molar refractivity (Wildman–Crippen MR) is 143 cm³/mol. The Labute approximate surface area is 222 Å². The fourth-order valence-corrected chi connectivity index (χ4v) is 5.46. The molecule has 0 spiro atoms. The Bertz CT molecular complexity index is 1270. The van der Waals surface area contributed by atoms with Gasteiger partial charge in [0.05, 0.1) is 0 Å². The molecule has 0 aromatic heterocycles. The van der Waals surface area contributed by atoms with Crippen molar-refractivity contribution >= 4 is 18.0 Å². The summed E-state index contributed by atoms with van der Waals surface area (Å²) in [6, 6.07) is 24.8. The summed E-state index contributed by atoms with van der Waals surface area (Å²) in [5.74, 6) is -0.995. The van der Waals surface area contributed by atoms with E-state index in [9.17, 15) is 14.4 Å². The Morgan fingerprint density at radius 1 is 0.842 bits per heavy atom. The fraction of sp³-hybridized carbons (Fsp3) is 0.323. The lowest BCUT2D eigenvalue weighted by Crippen LogP contribution is -2.59. The van der Waals surface area contributed by atoms with Crippen LogP contribution in [0.3, 0.4) is 0 Å². The number of fused-ring (bicyclic) bond motifs is 3. The summed E-state index contributed by atoms with van der Waals surface area (Å²) < 4.78 is 11.0. The second kappa shape index (κ2) is 11.1. The van der Waals surface area contributed by atoms with Crippen LogP contribution in [0, 0.1) is 0 Å². The van der Waals surface area contributed by atoms with Gasteiger partial charge in [-0.15, -0.1) is 0 Å². The Kier molecular flexibility index (Phi) is 7.45. The third-order valence-electron chi connectivity index (χ3n) is 7.50. The maximum absolute atomic E-state index is 13.3. The van der Waals surface area contributed by atoms with E-state index in [4.69, 9.17) is 9.47 Å². The van der Waals surface area contributed by atoms with E-state index in [1.807, 2.05) is 54.6 Å². The number of hydrogen-bond donors (Lipinski definition) is 2. The Morgan fingerprint density at radius 3 is 2.05 bits per heavy atom. The van der Waals surface area contributed by atoms with Gasteiger partial charge in [-0.25, -0.2) is 9.59 Å². The largest absolute Gasteiger partial charge is 0.459 e. The van der Waals surface area contributed by atoms with Gasteiger partial charge in [-0.3, -0.25) is 4.79 Å². The smallest absolute Gasteiger partial charge is 0.408 e. The molecule has 1 atom stereocenters. The lowest BCUT2D eigenvalue weighted by molar-refractivity contribution is -0.149. The Morgan fingerprint density at radius 2 is 1.42 bits per heavy atom. The number of amides is 2. The molecule has 3 aromatic carbocycles. The van der Waals surface area contributed by atoms with Crippen LogP contribution >= 0.6 is 0 Å². The Balaban J connectivity index is 1.19. The van der Waals surface area contributed by atoms with Crippen molar-refractivity contribution in [2.24, 2.45) is 0 Å². The molecule has 0 unspecified atom stereocenters. The molecule has 2 aliphatic rings. The maximum Gasteiger partial charge on any atom is 0.408 e. The van der Waals surface area contributed by atoms with Crippen LogP contribution in [0.25, 0.3) is 11.1 Å². The van der Waals surface area contributed by atoms with Gasteiger partial charge in [-0.05, 0) is 47.6 Å². The van der Waals surface area contributed by atoms with Gasteiger partial charge in [0, 0.05) is 5.92 Å². The summed E-state index contributed by atoms with van der Waals surface area (Å²) in [5.41, 5.74) is 4.30. The van der Waals surface area contributed by atoms with E-state index in [1.165, 1.54) is 0 Å². The molecule has 7 heteroatoms. The quantitative estimate of drug-likeness (QED) is 0.410. The van der Waals surface area contributed by atoms with E-state index in [0.717, 1.165) is 40.7 Å². The third-order valence-corrected chi connectivity index (χ3v) is 7.50. The highest BCUT2D eigenvalue weighted by molar-refractivity contribution is 5.93. The second-order valence-electron chi connectivity index (χ2n) is 10.0. The van der Waals surface area contributed by atoms with Crippen LogP contribution in [0.1, 0.15) is 55.2 Å². The van der Waals surface area contributed by atoms with Gasteiger partial charge in [0.2, 0.25) is 5.91 Å². The minimum absolute atomic E-state index is 0.0686. The summed E-state index contributed by atoms with van der Waals surface area (Å²) in [5, 5.41) is 5.58. The zero-order valence-electron chi connectivity index (χ0n) is 21.4. The van der Waals surface area contributed by atoms with Crippen molar-refractivity contribution in [2.75, 3.05) is 6.61 Å². The molecule has 0 radical (unpaired) electrons. The molecule has 3 aromatic rings. The minimum Gasteiger partial charge on any atom is -0.459 e. The van der Waals surface area contributed by atoms with E-state index in [-0.39, 0.29) is 19.1 Å². The van der Waals surface area contributed by atoms with Crippen LogP contribution < -0.4 is 10.6 Å². The molecule has 1 fully saturated rings. The first-order valence-electron chi connectivity index (χ1n) is 13.1. The van der Waals surface area contributed by atoms with Crippen molar-refractivity contribution < 1.29 is 23.9 Å². The van der Waals surface area contributed by atoms with Crippen LogP contribution in [0.4, 0.5) is 4.79 Å². The second-order valence-corrected chi connectivity index (χ2v) is 10.0. The molecule has 2 N–H and O–H groups in total. The molecule has 5 rings (SSSR count). The number of nitrogens with one attached hydrogen (secondary N) is 2. The van der Waals surface area contributed by atoms with Gasteiger partial charge < -0.3 is 20.1 Å². The molecule has 196 valence electrons. The first-order valence-corrected chi connectivity index (χ1v) is 13.1. The number of carbonyl (C=O) groups is 3. The average Bonchev–Trinajstić information content (AvgIpc) is 3.54. The van der Waals surface area contributed by atoms with E-state index >= 15 is 0 Å². The number of carbonyl (C=O) groups excluding carboxylic acids is 3. The lowest BCUT2D eigenvalue weighted by atomic mass is 9.96. The van der Waals surface area contributed by atoms with E-state index in [2.05, 4.69) is 34.9 Å². The molecule has 7 nitrogen and oxygen atoms in total. The summed E-state index contributed by atoms with van der Waals surface area (Å²) in [6.07, 6.45) is 1.92. The van der Waals surface area contributed by atoms with Crippen molar-refractivity contribution in [3.05, 3.63) is 95.6 Å². The summed E-state index contributed by atoms with van der Waals surface area (Å²) >= 11 is 0. The van der Waals surface area contributed by atoms with Gasteiger partial charge in [-0.1, -0.05) is 91.7 Å². The number of ether oxygens (including phenoxy) is 2. The first-order chi connectivity index (χ1) is 18.5.